The van der Waals surface area contributed by atoms with Crippen LogP contribution >= 0.6 is 0 Å². The van der Waals surface area contributed by atoms with Gasteiger partial charge in [-0.05, 0) is 56.7 Å². The van der Waals surface area contributed by atoms with E-state index in [2.05, 4.69) is 19.2 Å². The second-order valence-corrected chi connectivity index (χ2v) is 5.21. The summed E-state index contributed by atoms with van der Waals surface area (Å²) in [6.45, 7) is 7.94. The van der Waals surface area contributed by atoms with Gasteiger partial charge >= 0.3 is 0 Å². The molecule has 3 N–H and O–H groups in total. The lowest BCUT2D eigenvalue weighted by Gasteiger charge is -2.31. The number of nitrogens with two attached hydrogens (primary N) is 1. The summed E-state index contributed by atoms with van der Waals surface area (Å²) in [4.78, 5) is 0. The normalized spacial score (nSPS) is 22.6. The molecule has 0 saturated carbocycles. The lowest BCUT2D eigenvalue weighted by molar-refractivity contribution is 0.224. The maximum Gasteiger partial charge on any atom is -0.00461 e. The summed E-state index contributed by atoms with van der Waals surface area (Å²) in [5.74, 6) is 2.52. The third kappa shape index (κ3) is 4.52. The van der Waals surface area contributed by atoms with Crippen molar-refractivity contribution in [3.05, 3.63) is 0 Å². The topological polar surface area (TPSA) is 38.0 Å². The summed E-state index contributed by atoms with van der Waals surface area (Å²) in [7, 11) is 0. The summed E-state index contributed by atoms with van der Waals surface area (Å²) in [5.41, 5.74) is 5.93. The van der Waals surface area contributed by atoms with E-state index in [1.165, 1.54) is 45.2 Å². The molecule has 1 aliphatic rings. The molecular weight excluding hydrogens is 184 g/mol. The van der Waals surface area contributed by atoms with E-state index in [1.54, 1.807) is 0 Å². The fourth-order valence-electron chi connectivity index (χ4n) is 2.92. The van der Waals surface area contributed by atoms with Gasteiger partial charge in [-0.25, -0.2) is 0 Å². The molecule has 0 aromatic heterocycles. The summed E-state index contributed by atoms with van der Waals surface area (Å²) in [5, 5.41) is 3.43. The molecular formula is C13H28N2. The predicted molar refractivity (Wildman–Crippen MR) is 66.8 cm³/mol. The van der Waals surface area contributed by atoms with Crippen LogP contribution in [0, 0.1) is 17.8 Å². The SMILES string of the molecule is CCC[C@H](C)C[C@H](CN)C1CCNCC1. The minimum Gasteiger partial charge on any atom is -0.330 e. The van der Waals surface area contributed by atoms with Gasteiger partial charge in [0.25, 0.3) is 0 Å². The van der Waals surface area contributed by atoms with Gasteiger partial charge in [-0.2, -0.15) is 0 Å². The average molecular weight is 212 g/mol. The molecule has 1 fully saturated rings. The third-order valence-electron chi connectivity index (χ3n) is 3.84. The van der Waals surface area contributed by atoms with Crippen molar-refractivity contribution in [1.82, 2.24) is 5.32 Å². The highest BCUT2D eigenvalue weighted by molar-refractivity contribution is 4.77. The number of rotatable bonds is 6. The molecule has 1 saturated heterocycles. The summed E-state index contributed by atoms with van der Waals surface area (Å²) < 4.78 is 0. The zero-order chi connectivity index (χ0) is 11.1. The van der Waals surface area contributed by atoms with Crippen molar-refractivity contribution in [2.45, 2.75) is 46.0 Å². The van der Waals surface area contributed by atoms with Crippen LogP contribution in [-0.4, -0.2) is 19.6 Å². The van der Waals surface area contributed by atoms with Gasteiger partial charge in [0.15, 0.2) is 0 Å². The van der Waals surface area contributed by atoms with Crippen molar-refractivity contribution in [3.8, 4) is 0 Å². The quantitative estimate of drug-likeness (QED) is 0.709. The van der Waals surface area contributed by atoms with E-state index in [4.69, 9.17) is 5.73 Å². The van der Waals surface area contributed by atoms with Gasteiger partial charge in [0.1, 0.15) is 0 Å². The van der Waals surface area contributed by atoms with Crippen LogP contribution in [0.25, 0.3) is 0 Å². The Morgan fingerprint density at radius 3 is 2.53 bits per heavy atom. The summed E-state index contributed by atoms with van der Waals surface area (Å²) >= 11 is 0. The predicted octanol–water partition coefficient (Wildman–Crippen LogP) is 2.39. The highest BCUT2D eigenvalue weighted by atomic mass is 14.9. The molecule has 2 atom stereocenters. The van der Waals surface area contributed by atoms with E-state index >= 15 is 0 Å². The summed E-state index contributed by atoms with van der Waals surface area (Å²) in [6, 6.07) is 0. The Hall–Kier alpha value is -0.0800. The van der Waals surface area contributed by atoms with Crippen molar-refractivity contribution in [2.75, 3.05) is 19.6 Å². The molecule has 90 valence electrons. The van der Waals surface area contributed by atoms with Crippen LogP contribution in [0.5, 0.6) is 0 Å². The number of hydrogen-bond acceptors (Lipinski definition) is 2. The number of hydrogen-bond donors (Lipinski definition) is 2. The standard InChI is InChI=1S/C13H28N2/c1-3-4-11(2)9-13(10-14)12-5-7-15-8-6-12/h11-13,15H,3-10,14H2,1-2H3/t11-,13+/m0/s1. The molecule has 0 amide bonds. The number of nitrogens with one attached hydrogen (secondary N) is 1. The van der Waals surface area contributed by atoms with Gasteiger partial charge in [-0.3, -0.25) is 0 Å². The molecule has 2 nitrogen and oxygen atoms in total. The van der Waals surface area contributed by atoms with Crippen LogP contribution in [0.2, 0.25) is 0 Å². The first kappa shape index (κ1) is 13.0. The van der Waals surface area contributed by atoms with Crippen LogP contribution in [0.1, 0.15) is 46.0 Å². The Balaban J connectivity index is 2.32. The first-order chi connectivity index (χ1) is 7.27. The van der Waals surface area contributed by atoms with Gasteiger partial charge in [0.2, 0.25) is 0 Å². The average Bonchev–Trinajstić information content (AvgIpc) is 2.27. The van der Waals surface area contributed by atoms with E-state index in [0.717, 1.165) is 24.3 Å². The lowest BCUT2D eigenvalue weighted by Crippen LogP contribution is -2.35. The Labute approximate surface area is 95.0 Å². The second kappa shape index (κ2) is 7.24. The maximum atomic E-state index is 5.93. The van der Waals surface area contributed by atoms with Crippen molar-refractivity contribution in [1.29, 1.82) is 0 Å². The Morgan fingerprint density at radius 1 is 1.33 bits per heavy atom. The van der Waals surface area contributed by atoms with Crippen LogP contribution in [0.15, 0.2) is 0 Å². The largest absolute Gasteiger partial charge is 0.330 e. The Bertz CT molecular complexity index is 153. The monoisotopic (exact) mass is 212 g/mol. The maximum absolute atomic E-state index is 5.93. The zero-order valence-electron chi connectivity index (χ0n) is 10.5. The molecule has 0 aromatic carbocycles. The molecule has 2 heteroatoms. The van der Waals surface area contributed by atoms with Gasteiger partial charge in [0.05, 0.1) is 0 Å². The summed E-state index contributed by atoms with van der Waals surface area (Å²) in [6.07, 6.45) is 6.68. The van der Waals surface area contributed by atoms with E-state index in [0.29, 0.717) is 0 Å². The first-order valence-electron chi connectivity index (χ1n) is 6.68. The molecule has 15 heavy (non-hydrogen) atoms. The number of piperidine rings is 1. The van der Waals surface area contributed by atoms with Gasteiger partial charge in [-0.15, -0.1) is 0 Å². The minimum absolute atomic E-state index is 0.772. The van der Waals surface area contributed by atoms with Crippen LogP contribution in [0.3, 0.4) is 0 Å². The first-order valence-corrected chi connectivity index (χ1v) is 6.68. The molecule has 0 aromatic rings. The molecule has 1 aliphatic heterocycles. The smallest absolute Gasteiger partial charge is 0.00461 e. The van der Waals surface area contributed by atoms with Crippen LogP contribution < -0.4 is 11.1 Å². The third-order valence-corrected chi connectivity index (χ3v) is 3.84. The Kier molecular flexibility index (Phi) is 6.26. The fourth-order valence-corrected chi connectivity index (χ4v) is 2.92. The lowest BCUT2D eigenvalue weighted by atomic mass is 9.79. The zero-order valence-corrected chi connectivity index (χ0v) is 10.5. The van der Waals surface area contributed by atoms with Crippen molar-refractivity contribution in [2.24, 2.45) is 23.5 Å². The molecule has 0 bridgehead atoms. The fraction of sp³-hybridized carbons (Fsp3) is 1.00. The highest BCUT2D eigenvalue weighted by Crippen LogP contribution is 2.28. The van der Waals surface area contributed by atoms with Crippen molar-refractivity contribution >= 4 is 0 Å². The molecule has 0 spiro atoms. The minimum atomic E-state index is 0.772. The van der Waals surface area contributed by atoms with Crippen molar-refractivity contribution < 1.29 is 0 Å². The van der Waals surface area contributed by atoms with Gasteiger partial charge in [-0.1, -0.05) is 26.7 Å². The molecule has 1 rings (SSSR count). The van der Waals surface area contributed by atoms with E-state index in [9.17, 15) is 0 Å². The Morgan fingerprint density at radius 2 is 2.00 bits per heavy atom. The molecule has 1 heterocycles. The van der Waals surface area contributed by atoms with Crippen LogP contribution in [-0.2, 0) is 0 Å². The van der Waals surface area contributed by atoms with E-state index in [1.807, 2.05) is 0 Å². The molecule has 0 unspecified atom stereocenters. The van der Waals surface area contributed by atoms with Crippen LogP contribution in [0.4, 0.5) is 0 Å². The van der Waals surface area contributed by atoms with E-state index in [-0.39, 0.29) is 0 Å². The molecule has 0 radical (unpaired) electrons. The van der Waals surface area contributed by atoms with Crippen molar-refractivity contribution in [3.63, 3.8) is 0 Å². The van der Waals surface area contributed by atoms with Gasteiger partial charge in [0, 0.05) is 0 Å². The molecule has 0 aliphatic carbocycles. The highest BCUT2D eigenvalue weighted by Gasteiger charge is 2.23. The van der Waals surface area contributed by atoms with Gasteiger partial charge < -0.3 is 11.1 Å². The second-order valence-electron chi connectivity index (χ2n) is 5.21. The van der Waals surface area contributed by atoms with E-state index < -0.39 is 0 Å².